The third-order valence-electron chi connectivity index (χ3n) is 3.93. The van der Waals surface area contributed by atoms with Gasteiger partial charge in [-0.1, -0.05) is 30.3 Å². The summed E-state index contributed by atoms with van der Waals surface area (Å²) >= 11 is 1.21. The van der Waals surface area contributed by atoms with E-state index >= 15 is 0 Å². The number of nitrogens with zero attached hydrogens (tertiary/aromatic N) is 1. The zero-order chi connectivity index (χ0) is 19.2. The predicted octanol–water partition coefficient (Wildman–Crippen LogP) is 3.64. The summed E-state index contributed by atoms with van der Waals surface area (Å²) in [6, 6.07) is 14.8. The summed E-state index contributed by atoms with van der Waals surface area (Å²) in [5.74, 6) is 0.188. The van der Waals surface area contributed by atoms with E-state index in [-0.39, 0.29) is 17.5 Å². The number of nitrogens with one attached hydrogen (secondary N) is 2. The molecule has 138 valence electrons. The average molecular weight is 381 g/mol. The highest BCUT2D eigenvalue weighted by Gasteiger charge is 2.14. The van der Waals surface area contributed by atoms with Gasteiger partial charge in [0.15, 0.2) is 5.13 Å². The van der Waals surface area contributed by atoms with Crippen molar-refractivity contribution < 1.29 is 14.3 Å². The number of amides is 2. The first-order valence-electron chi connectivity index (χ1n) is 8.30. The highest BCUT2D eigenvalue weighted by atomic mass is 32.1. The maximum atomic E-state index is 12.3. The van der Waals surface area contributed by atoms with Crippen LogP contribution >= 0.6 is 11.3 Å². The molecule has 0 spiro atoms. The number of rotatable bonds is 6. The molecule has 0 bridgehead atoms. The largest absolute Gasteiger partial charge is 0.497 e. The number of thiazole rings is 1. The highest BCUT2D eigenvalue weighted by Crippen LogP contribution is 2.18. The van der Waals surface area contributed by atoms with Gasteiger partial charge in [0, 0.05) is 17.5 Å². The lowest BCUT2D eigenvalue weighted by Crippen LogP contribution is -2.23. The Hall–Kier alpha value is -3.19. The Bertz CT molecular complexity index is 968. The number of carbonyl (C=O) groups is 2. The fraction of sp³-hybridized carbons (Fsp3) is 0.150. The Morgan fingerprint density at radius 2 is 1.93 bits per heavy atom. The van der Waals surface area contributed by atoms with E-state index in [0.717, 1.165) is 16.9 Å². The van der Waals surface area contributed by atoms with Crippen LogP contribution in [0, 0.1) is 6.92 Å². The number of hydrogen-bond donors (Lipinski definition) is 2. The van der Waals surface area contributed by atoms with E-state index in [1.165, 1.54) is 11.3 Å². The molecule has 3 aromatic rings. The van der Waals surface area contributed by atoms with Gasteiger partial charge in [0.25, 0.3) is 11.8 Å². The topological polar surface area (TPSA) is 80.3 Å². The number of anilines is 1. The molecule has 3 rings (SSSR count). The lowest BCUT2D eigenvalue weighted by molar-refractivity contribution is 0.0945. The molecule has 2 amide bonds. The molecule has 2 aromatic carbocycles. The second kappa shape index (κ2) is 8.46. The monoisotopic (exact) mass is 381 g/mol. The van der Waals surface area contributed by atoms with Gasteiger partial charge in [-0.25, -0.2) is 4.98 Å². The van der Waals surface area contributed by atoms with Gasteiger partial charge in [0.05, 0.1) is 7.11 Å². The molecule has 0 aliphatic heterocycles. The van der Waals surface area contributed by atoms with Crippen LogP contribution in [0.2, 0.25) is 0 Å². The lowest BCUT2D eigenvalue weighted by Gasteiger charge is -2.06. The first kappa shape index (κ1) is 18.6. The standard InChI is InChI=1S/C20H19N3O3S/c1-13-6-3-4-9-16(13)18(24)23-20-22-17(12-27-20)19(25)21-11-14-7-5-8-15(10-14)26-2/h3-10,12H,11H2,1-2H3,(H,21,25)(H,22,23,24). The number of aromatic nitrogens is 1. The maximum absolute atomic E-state index is 12.3. The summed E-state index contributed by atoms with van der Waals surface area (Å²) in [5, 5.41) is 7.55. The third kappa shape index (κ3) is 4.71. The summed E-state index contributed by atoms with van der Waals surface area (Å²) in [6.45, 7) is 2.23. The highest BCUT2D eigenvalue weighted by molar-refractivity contribution is 7.14. The maximum Gasteiger partial charge on any atom is 0.271 e. The molecular weight excluding hydrogens is 362 g/mol. The van der Waals surface area contributed by atoms with Crippen molar-refractivity contribution in [1.82, 2.24) is 10.3 Å². The van der Waals surface area contributed by atoms with Crippen molar-refractivity contribution in [2.45, 2.75) is 13.5 Å². The van der Waals surface area contributed by atoms with Crippen LogP contribution in [-0.2, 0) is 6.54 Å². The van der Waals surface area contributed by atoms with Crippen molar-refractivity contribution in [3.63, 3.8) is 0 Å². The van der Waals surface area contributed by atoms with Crippen LogP contribution in [0.25, 0.3) is 0 Å². The zero-order valence-corrected chi connectivity index (χ0v) is 15.8. The van der Waals surface area contributed by atoms with Crippen LogP contribution in [0.15, 0.2) is 53.9 Å². The number of methoxy groups -OCH3 is 1. The van der Waals surface area contributed by atoms with Gasteiger partial charge in [-0.15, -0.1) is 11.3 Å². The lowest BCUT2D eigenvalue weighted by atomic mass is 10.1. The SMILES string of the molecule is COc1cccc(CNC(=O)c2csc(NC(=O)c3ccccc3C)n2)c1. The summed E-state index contributed by atoms with van der Waals surface area (Å²) in [6.07, 6.45) is 0. The van der Waals surface area contributed by atoms with E-state index in [9.17, 15) is 9.59 Å². The van der Waals surface area contributed by atoms with Gasteiger partial charge in [0.1, 0.15) is 11.4 Å². The quantitative estimate of drug-likeness (QED) is 0.683. The molecule has 0 saturated heterocycles. The van der Waals surface area contributed by atoms with Crippen LogP contribution in [0.5, 0.6) is 5.75 Å². The first-order valence-corrected chi connectivity index (χ1v) is 9.18. The van der Waals surface area contributed by atoms with Crippen LogP contribution in [0.1, 0.15) is 32.0 Å². The van der Waals surface area contributed by atoms with Crippen LogP contribution in [-0.4, -0.2) is 23.9 Å². The zero-order valence-electron chi connectivity index (χ0n) is 15.0. The number of aryl methyl sites for hydroxylation is 1. The Morgan fingerprint density at radius 1 is 1.11 bits per heavy atom. The predicted molar refractivity (Wildman–Crippen MR) is 105 cm³/mol. The molecule has 1 heterocycles. The van der Waals surface area contributed by atoms with Crippen molar-refractivity contribution in [3.05, 3.63) is 76.3 Å². The van der Waals surface area contributed by atoms with Crippen LogP contribution in [0.3, 0.4) is 0 Å². The van der Waals surface area contributed by atoms with E-state index < -0.39 is 0 Å². The van der Waals surface area contributed by atoms with E-state index in [1.54, 1.807) is 24.6 Å². The molecule has 1 aromatic heterocycles. The van der Waals surface area contributed by atoms with Gasteiger partial charge < -0.3 is 10.1 Å². The van der Waals surface area contributed by atoms with Gasteiger partial charge in [-0.3, -0.25) is 14.9 Å². The fourth-order valence-corrected chi connectivity index (χ4v) is 3.17. The number of benzene rings is 2. The molecule has 0 aliphatic rings. The Balaban J connectivity index is 1.60. The molecular formula is C20H19N3O3S. The molecule has 0 aliphatic carbocycles. The van der Waals surface area contributed by atoms with Gasteiger partial charge in [0.2, 0.25) is 0 Å². The molecule has 2 N–H and O–H groups in total. The average Bonchev–Trinajstić information content (AvgIpc) is 3.15. The summed E-state index contributed by atoms with van der Waals surface area (Å²) in [7, 11) is 1.60. The van der Waals surface area contributed by atoms with E-state index in [0.29, 0.717) is 17.2 Å². The number of hydrogen-bond acceptors (Lipinski definition) is 5. The Morgan fingerprint density at radius 3 is 2.70 bits per heavy atom. The summed E-state index contributed by atoms with van der Waals surface area (Å²) in [4.78, 5) is 28.8. The molecule has 0 radical (unpaired) electrons. The van der Waals surface area contributed by atoms with Crippen molar-refractivity contribution >= 4 is 28.3 Å². The third-order valence-corrected chi connectivity index (χ3v) is 4.69. The molecule has 6 nitrogen and oxygen atoms in total. The molecule has 0 saturated carbocycles. The summed E-state index contributed by atoms with van der Waals surface area (Å²) in [5.41, 5.74) is 2.65. The number of carbonyl (C=O) groups excluding carboxylic acids is 2. The minimum absolute atomic E-state index is 0.245. The van der Waals surface area contributed by atoms with Crippen LogP contribution in [0.4, 0.5) is 5.13 Å². The van der Waals surface area contributed by atoms with E-state index in [2.05, 4.69) is 15.6 Å². The number of ether oxygens (including phenoxy) is 1. The molecule has 0 unspecified atom stereocenters. The van der Waals surface area contributed by atoms with Crippen LogP contribution < -0.4 is 15.4 Å². The van der Waals surface area contributed by atoms with Crippen molar-refractivity contribution in [2.24, 2.45) is 0 Å². The second-order valence-corrected chi connectivity index (χ2v) is 6.70. The minimum atomic E-state index is -0.300. The smallest absolute Gasteiger partial charge is 0.271 e. The van der Waals surface area contributed by atoms with E-state index in [1.807, 2.05) is 43.3 Å². The van der Waals surface area contributed by atoms with Gasteiger partial charge in [-0.2, -0.15) is 0 Å². The summed E-state index contributed by atoms with van der Waals surface area (Å²) < 4.78 is 5.17. The van der Waals surface area contributed by atoms with Crippen molar-refractivity contribution in [2.75, 3.05) is 12.4 Å². The Labute approximate surface area is 161 Å². The molecule has 27 heavy (non-hydrogen) atoms. The first-order chi connectivity index (χ1) is 13.1. The van der Waals surface area contributed by atoms with Crippen molar-refractivity contribution in [3.8, 4) is 5.75 Å². The van der Waals surface area contributed by atoms with Gasteiger partial charge in [-0.05, 0) is 36.2 Å². The molecule has 7 heteroatoms. The van der Waals surface area contributed by atoms with Crippen molar-refractivity contribution in [1.29, 1.82) is 0 Å². The molecule has 0 fully saturated rings. The fourth-order valence-electron chi connectivity index (χ4n) is 2.48. The minimum Gasteiger partial charge on any atom is -0.497 e. The van der Waals surface area contributed by atoms with Gasteiger partial charge >= 0.3 is 0 Å². The Kier molecular flexibility index (Phi) is 5.83. The second-order valence-electron chi connectivity index (χ2n) is 5.84. The van der Waals surface area contributed by atoms with E-state index in [4.69, 9.17) is 4.74 Å². The molecule has 0 atom stereocenters. The normalized spacial score (nSPS) is 10.3.